The summed E-state index contributed by atoms with van der Waals surface area (Å²) >= 11 is 0. The molecular weight excluding hydrogens is 170 g/mol. The number of benzene rings is 1. The number of aromatic carboxylic acids is 1. The lowest BCUT2D eigenvalue weighted by Gasteiger charge is -2.00. The first kappa shape index (κ1) is 9.25. The van der Waals surface area contributed by atoms with Gasteiger partial charge in [0.2, 0.25) is 0 Å². The lowest BCUT2D eigenvalue weighted by Crippen LogP contribution is -2.21. The second-order valence-electron chi connectivity index (χ2n) is 2.33. The van der Waals surface area contributed by atoms with E-state index < -0.39 is 5.97 Å². The third-order valence-corrected chi connectivity index (χ3v) is 1.45. The second-order valence-corrected chi connectivity index (χ2v) is 2.33. The highest BCUT2D eigenvalue weighted by atomic mass is 16.6. The van der Waals surface area contributed by atoms with Crippen molar-refractivity contribution < 1.29 is 14.7 Å². The fourth-order valence-electron chi connectivity index (χ4n) is 0.819. The van der Waals surface area contributed by atoms with E-state index >= 15 is 0 Å². The second kappa shape index (κ2) is 4.25. The minimum Gasteiger partial charge on any atom is -0.545 e. The van der Waals surface area contributed by atoms with Gasteiger partial charge in [0, 0.05) is 0 Å². The van der Waals surface area contributed by atoms with Gasteiger partial charge in [0.05, 0.1) is 12.2 Å². The van der Waals surface area contributed by atoms with Crippen molar-refractivity contribution >= 4 is 12.2 Å². The third-order valence-electron chi connectivity index (χ3n) is 1.45. The van der Waals surface area contributed by atoms with Crippen molar-refractivity contribution in [1.29, 1.82) is 0 Å². The summed E-state index contributed by atoms with van der Waals surface area (Å²) in [6.07, 6.45) is 1.49. The van der Waals surface area contributed by atoms with Gasteiger partial charge in [-0.05, 0) is 11.1 Å². The highest BCUT2D eigenvalue weighted by molar-refractivity contribution is 5.87. The molecule has 0 amide bonds. The van der Waals surface area contributed by atoms with Gasteiger partial charge in [-0.1, -0.05) is 29.4 Å². The summed E-state index contributed by atoms with van der Waals surface area (Å²) in [6, 6.07) is 6.14. The van der Waals surface area contributed by atoms with E-state index in [1.807, 2.05) is 0 Å². The van der Waals surface area contributed by atoms with Crippen LogP contribution in [0, 0.1) is 0 Å². The number of carbonyl (C=O) groups excluding carboxylic acids is 1. The molecule has 1 rings (SSSR count). The standard InChI is InChI=1S/C9H9NO3/c1-13-10-6-7-2-4-8(5-3-7)9(11)12/h2-6H,1H3,(H,11,12)/p-1. The monoisotopic (exact) mass is 178 g/mol. The van der Waals surface area contributed by atoms with Gasteiger partial charge in [0.15, 0.2) is 0 Å². The first-order valence-electron chi connectivity index (χ1n) is 3.62. The molecule has 0 aliphatic carbocycles. The Kier molecular flexibility index (Phi) is 3.03. The highest BCUT2D eigenvalue weighted by Crippen LogP contribution is 2.01. The molecule has 0 aromatic heterocycles. The molecule has 13 heavy (non-hydrogen) atoms. The summed E-state index contributed by atoms with van der Waals surface area (Å²) in [6.45, 7) is 0. The van der Waals surface area contributed by atoms with E-state index in [2.05, 4.69) is 9.99 Å². The van der Waals surface area contributed by atoms with Crippen LogP contribution >= 0.6 is 0 Å². The molecule has 0 aliphatic heterocycles. The summed E-state index contributed by atoms with van der Waals surface area (Å²) in [5.74, 6) is -1.18. The fourth-order valence-corrected chi connectivity index (χ4v) is 0.819. The number of hydrogen-bond acceptors (Lipinski definition) is 4. The average Bonchev–Trinajstić information content (AvgIpc) is 2.15. The number of carboxylic acid groups (broad SMARTS) is 1. The predicted octanol–water partition coefficient (Wildman–Crippen LogP) is 0.0304. The van der Waals surface area contributed by atoms with Gasteiger partial charge in [0.1, 0.15) is 7.11 Å². The molecule has 0 atom stereocenters. The van der Waals surface area contributed by atoms with E-state index in [9.17, 15) is 9.90 Å². The molecule has 1 aromatic rings. The van der Waals surface area contributed by atoms with Crippen LogP contribution < -0.4 is 5.11 Å². The number of hydrogen-bond donors (Lipinski definition) is 0. The van der Waals surface area contributed by atoms with Crippen molar-refractivity contribution in [3.63, 3.8) is 0 Å². The Labute approximate surface area is 75.4 Å². The molecule has 0 radical (unpaired) electrons. The van der Waals surface area contributed by atoms with Gasteiger partial charge in [-0.15, -0.1) is 0 Å². The predicted molar refractivity (Wildman–Crippen MR) is 45.4 cm³/mol. The van der Waals surface area contributed by atoms with E-state index in [0.29, 0.717) is 0 Å². The van der Waals surface area contributed by atoms with Gasteiger partial charge in [-0.2, -0.15) is 0 Å². The zero-order chi connectivity index (χ0) is 9.68. The number of carbonyl (C=O) groups is 1. The van der Waals surface area contributed by atoms with Gasteiger partial charge in [-0.3, -0.25) is 0 Å². The molecule has 0 unspecified atom stereocenters. The largest absolute Gasteiger partial charge is 0.545 e. The van der Waals surface area contributed by atoms with Crippen LogP contribution in [0.1, 0.15) is 15.9 Å². The van der Waals surface area contributed by atoms with Gasteiger partial charge < -0.3 is 14.7 Å². The molecule has 1 aromatic carbocycles. The molecule has 0 bridgehead atoms. The molecule has 0 saturated carbocycles. The lowest BCUT2D eigenvalue weighted by atomic mass is 10.1. The average molecular weight is 178 g/mol. The van der Waals surface area contributed by atoms with E-state index in [-0.39, 0.29) is 5.56 Å². The van der Waals surface area contributed by atoms with Crippen molar-refractivity contribution in [2.45, 2.75) is 0 Å². The highest BCUT2D eigenvalue weighted by Gasteiger charge is 1.92. The quantitative estimate of drug-likeness (QED) is 0.484. The maximum absolute atomic E-state index is 10.4. The van der Waals surface area contributed by atoms with E-state index in [4.69, 9.17) is 0 Å². The molecule has 0 heterocycles. The van der Waals surface area contributed by atoms with Crippen LogP contribution in [0.25, 0.3) is 0 Å². The van der Waals surface area contributed by atoms with Crippen LogP contribution in [0.3, 0.4) is 0 Å². The molecule has 4 nitrogen and oxygen atoms in total. The van der Waals surface area contributed by atoms with Crippen LogP contribution in [0.4, 0.5) is 0 Å². The van der Waals surface area contributed by atoms with Crippen molar-refractivity contribution in [3.8, 4) is 0 Å². The molecule has 4 heteroatoms. The zero-order valence-corrected chi connectivity index (χ0v) is 7.06. The Morgan fingerprint density at radius 2 is 2.08 bits per heavy atom. The molecule has 0 fully saturated rings. The molecule has 0 spiro atoms. The van der Waals surface area contributed by atoms with Crippen LogP contribution in [-0.2, 0) is 4.84 Å². The van der Waals surface area contributed by atoms with Crippen LogP contribution in [0.2, 0.25) is 0 Å². The Balaban J connectivity index is 2.81. The molecule has 0 N–H and O–H groups in total. The Hall–Kier alpha value is -1.84. The smallest absolute Gasteiger partial charge is 0.106 e. The molecule has 68 valence electrons. The van der Waals surface area contributed by atoms with Crippen molar-refractivity contribution in [2.24, 2.45) is 5.16 Å². The van der Waals surface area contributed by atoms with Gasteiger partial charge >= 0.3 is 0 Å². The molecule has 0 saturated heterocycles. The van der Waals surface area contributed by atoms with Crippen LogP contribution in [0.15, 0.2) is 29.4 Å². The van der Waals surface area contributed by atoms with Crippen molar-refractivity contribution in [2.75, 3.05) is 7.11 Å². The number of oxime groups is 1. The summed E-state index contributed by atoms with van der Waals surface area (Å²) in [4.78, 5) is 14.8. The summed E-state index contributed by atoms with van der Waals surface area (Å²) in [7, 11) is 1.44. The minimum absolute atomic E-state index is 0.148. The Bertz CT molecular complexity index is 316. The van der Waals surface area contributed by atoms with Crippen molar-refractivity contribution in [3.05, 3.63) is 35.4 Å². The molecular formula is C9H8NO3-. The van der Waals surface area contributed by atoms with E-state index in [0.717, 1.165) is 5.56 Å². The number of rotatable bonds is 3. The number of nitrogens with zero attached hydrogens (tertiary/aromatic N) is 1. The summed E-state index contributed by atoms with van der Waals surface area (Å²) in [5, 5.41) is 13.9. The van der Waals surface area contributed by atoms with E-state index in [1.54, 1.807) is 12.1 Å². The van der Waals surface area contributed by atoms with Crippen molar-refractivity contribution in [1.82, 2.24) is 0 Å². The van der Waals surface area contributed by atoms with E-state index in [1.165, 1.54) is 25.5 Å². The van der Waals surface area contributed by atoms with Crippen LogP contribution in [0.5, 0.6) is 0 Å². The van der Waals surface area contributed by atoms with Crippen LogP contribution in [-0.4, -0.2) is 19.3 Å². The Morgan fingerprint density at radius 1 is 1.46 bits per heavy atom. The first-order valence-corrected chi connectivity index (χ1v) is 3.62. The minimum atomic E-state index is -1.18. The van der Waals surface area contributed by atoms with Gasteiger partial charge in [0.25, 0.3) is 0 Å². The SMILES string of the molecule is CON=Cc1ccc(C(=O)[O-])cc1. The normalized spacial score (nSPS) is 10.2. The summed E-state index contributed by atoms with van der Waals surface area (Å²) in [5.41, 5.74) is 0.918. The zero-order valence-electron chi connectivity index (χ0n) is 7.06. The Morgan fingerprint density at radius 3 is 2.54 bits per heavy atom. The maximum Gasteiger partial charge on any atom is 0.106 e. The lowest BCUT2D eigenvalue weighted by molar-refractivity contribution is -0.255. The molecule has 0 aliphatic rings. The number of carboxylic acids is 1. The maximum atomic E-state index is 10.4. The fraction of sp³-hybridized carbons (Fsp3) is 0.111. The topological polar surface area (TPSA) is 61.7 Å². The third kappa shape index (κ3) is 2.59. The van der Waals surface area contributed by atoms with Gasteiger partial charge in [-0.25, -0.2) is 0 Å². The summed E-state index contributed by atoms with van der Waals surface area (Å²) < 4.78 is 0. The first-order chi connectivity index (χ1) is 6.24.